The summed E-state index contributed by atoms with van der Waals surface area (Å²) in [7, 11) is 0. The highest BCUT2D eigenvalue weighted by molar-refractivity contribution is 5.79. The Labute approximate surface area is 104 Å². The first-order valence-corrected chi connectivity index (χ1v) is 6.83. The smallest absolute Gasteiger partial charge is 0.227 e. The number of carbonyl (C=O) groups is 1. The molecule has 1 heterocycles. The van der Waals surface area contributed by atoms with Gasteiger partial charge < -0.3 is 15.3 Å². The van der Waals surface area contributed by atoms with Crippen LogP contribution in [-0.2, 0) is 4.79 Å². The van der Waals surface area contributed by atoms with Crippen LogP contribution in [0.15, 0.2) is 0 Å². The predicted octanol–water partition coefficient (Wildman–Crippen LogP) is 0.995. The Balaban J connectivity index is 2.55. The Kier molecular flexibility index (Phi) is 6.52. The summed E-state index contributed by atoms with van der Waals surface area (Å²) in [4.78, 5) is 14.2. The van der Waals surface area contributed by atoms with Crippen LogP contribution in [0.1, 0.15) is 39.5 Å². The third-order valence-corrected chi connectivity index (χ3v) is 3.54. The Morgan fingerprint density at radius 3 is 2.82 bits per heavy atom. The van der Waals surface area contributed by atoms with Gasteiger partial charge in [0.05, 0.1) is 12.5 Å². The molecule has 0 radical (unpaired) electrons. The van der Waals surface area contributed by atoms with E-state index >= 15 is 0 Å². The van der Waals surface area contributed by atoms with Crippen molar-refractivity contribution in [1.29, 1.82) is 0 Å². The topological polar surface area (TPSA) is 52.6 Å². The van der Waals surface area contributed by atoms with Crippen molar-refractivity contribution in [2.45, 2.75) is 45.6 Å². The Bertz CT molecular complexity index is 233. The summed E-state index contributed by atoms with van der Waals surface area (Å²) in [6.07, 6.45) is 4.14. The van der Waals surface area contributed by atoms with E-state index in [9.17, 15) is 4.79 Å². The van der Waals surface area contributed by atoms with E-state index in [4.69, 9.17) is 5.11 Å². The maximum Gasteiger partial charge on any atom is 0.227 e. The molecule has 0 bridgehead atoms. The van der Waals surface area contributed by atoms with E-state index in [1.807, 2.05) is 4.90 Å². The fourth-order valence-corrected chi connectivity index (χ4v) is 2.42. The molecule has 100 valence electrons. The molecule has 0 aromatic rings. The third-order valence-electron chi connectivity index (χ3n) is 3.54. The van der Waals surface area contributed by atoms with Crippen LogP contribution in [0.5, 0.6) is 0 Å². The molecule has 0 saturated carbocycles. The summed E-state index contributed by atoms with van der Waals surface area (Å²) in [6.45, 7) is 6.52. The van der Waals surface area contributed by atoms with Gasteiger partial charge in [-0.15, -0.1) is 0 Å². The lowest BCUT2D eigenvalue weighted by Crippen LogP contribution is -2.49. The number of piperidine rings is 1. The van der Waals surface area contributed by atoms with Crippen LogP contribution in [0.25, 0.3) is 0 Å². The molecule has 1 aliphatic rings. The van der Waals surface area contributed by atoms with Crippen LogP contribution >= 0.6 is 0 Å². The van der Waals surface area contributed by atoms with Crippen molar-refractivity contribution >= 4 is 5.91 Å². The van der Waals surface area contributed by atoms with Gasteiger partial charge in [0.1, 0.15) is 0 Å². The lowest BCUT2D eigenvalue weighted by molar-refractivity contribution is -0.137. The van der Waals surface area contributed by atoms with Gasteiger partial charge in [-0.3, -0.25) is 4.79 Å². The van der Waals surface area contributed by atoms with Crippen LogP contribution in [0.3, 0.4) is 0 Å². The molecular formula is C13H26N2O2. The second kappa shape index (κ2) is 7.67. The van der Waals surface area contributed by atoms with Gasteiger partial charge in [0.25, 0.3) is 0 Å². The number of hydrogen-bond donors (Lipinski definition) is 2. The number of nitrogens with one attached hydrogen (secondary N) is 1. The van der Waals surface area contributed by atoms with Gasteiger partial charge in [0.2, 0.25) is 5.91 Å². The molecule has 1 aliphatic heterocycles. The van der Waals surface area contributed by atoms with Crippen LogP contribution < -0.4 is 5.32 Å². The summed E-state index contributed by atoms with van der Waals surface area (Å²) < 4.78 is 0. The minimum atomic E-state index is 0.0595. The van der Waals surface area contributed by atoms with Crippen LogP contribution in [0, 0.1) is 5.92 Å². The average Bonchev–Trinajstić information content (AvgIpc) is 2.34. The van der Waals surface area contributed by atoms with Crippen molar-refractivity contribution in [3.05, 3.63) is 0 Å². The van der Waals surface area contributed by atoms with Gasteiger partial charge >= 0.3 is 0 Å². The van der Waals surface area contributed by atoms with Gasteiger partial charge in [0.15, 0.2) is 0 Å². The summed E-state index contributed by atoms with van der Waals surface area (Å²) in [6, 6.07) is 0.263. The highest BCUT2D eigenvalue weighted by Gasteiger charge is 2.30. The summed E-state index contributed by atoms with van der Waals surface area (Å²) in [5, 5.41) is 12.4. The standard InChI is InChI=1S/C13H26N2O2/c1-3-4-8-15(9-10-16)13(17)12-6-5-7-14-11(12)2/h11-12,14,16H,3-10H2,1-2H3. The molecule has 2 atom stereocenters. The van der Waals surface area contributed by atoms with Gasteiger partial charge in [-0.05, 0) is 32.7 Å². The fraction of sp³-hybridized carbons (Fsp3) is 0.923. The highest BCUT2D eigenvalue weighted by Crippen LogP contribution is 2.19. The summed E-state index contributed by atoms with van der Waals surface area (Å²) in [5.74, 6) is 0.305. The molecular weight excluding hydrogens is 216 g/mol. The summed E-state index contributed by atoms with van der Waals surface area (Å²) >= 11 is 0. The van der Waals surface area contributed by atoms with Gasteiger partial charge in [-0.2, -0.15) is 0 Å². The number of carbonyl (C=O) groups excluding carboxylic acids is 1. The van der Waals surface area contributed by atoms with Crippen molar-refractivity contribution in [2.75, 3.05) is 26.2 Å². The van der Waals surface area contributed by atoms with Crippen molar-refractivity contribution < 1.29 is 9.90 Å². The largest absolute Gasteiger partial charge is 0.395 e. The first-order valence-electron chi connectivity index (χ1n) is 6.83. The number of unbranched alkanes of at least 4 members (excludes halogenated alkanes) is 1. The number of nitrogens with zero attached hydrogens (tertiary/aromatic N) is 1. The predicted molar refractivity (Wildman–Crippen MR) is 68.8 cm³/mol. The van der Waals surface area contributed by atoms with E-state index in [1.165, 1.54) is 0 Å². The molecule has 2 unspecified atom stereocenters. The van der Waals surface area contributed by atoms with E-state index in [0.717, 1.165) is 38.8 Å². The quantitative estimate of drug-likeness (QED) is 0.730. The molecule has 1 fully saturated rings. The van der Waals surface area contributed by atoms with E-state index < -0.39 is 0 Å². The number of rotatable bonds is 6. The lowest BCUT2D eigenvalue weighted by Gasteiger charge is -2.33. The monoisotopic (exact) mass is 242 g/mol. The zero-order chi connectivity index (χ0) is 12.7. The average molecular weight is 242 g/mol. The van der Waals surface area contributed by atoms with Crippen LogP contribution in [-0.4, -0.2) is 48.2 Å². The van der Waals surface area contributed by atoms with E-state index in [-0.39, 0.29) is 24.5 Å². The number of aliphatic hydroxyl groups is 1. The minimum Gasteiger partial charge on any atom is -0.395 e. The zero-order valence-corrected chi connectivity index (χ0v) is 11.1. The Morgan fingerprint density at radius 2 is 2.24 bits per heavy atom. The molecule has 1 amide bonds. The van der Waals surface area contributed by atoms with Crippen LogP contribution in [0.2, 0.25) is 0 Å². The maximum absolute atomic E-state index is 12.4. The molecule has 17 heavy (non-hydrogen) atoms. The van der Waals surface area contributed by atoms with E-state index in [1.54, 1.807) is 0 Å². The van der Waals surface area contributed by atoms with Crippen molar-refractivity contribution in [2.24, 2.45) is 5.92 Å². The first-order chi connectivity index (χ1) is 8.20. The molecule has 0 aromatic heterocycles. The van der Waals surface area contributed by atoms with Gasteiger partial charge in [-0.1, -0.05) is 13.3 Å². The first kappa shape index (κ1) is 14.5. The number of aliphatic hydroxyl groups excluding tert-OH is 1. The van der Waals surface area contributed by atoms with Crippen LogP contribution in [0.4, 0.5) is 0 Å². The Hall–Kier alpha value is -0.610. The molecule has 0 aromatic carbocycles. The molecule has 4 heteroatoms. The normalized spacial score (nSPS) is 24.6. The van der Waals surface area contributed by atoms with Crippen molar-refractivity contribution in [3.63, 3.8) is 0 Å². The third kappa shape index (κ3) is 4.28. The Morgan fingerprint density at radius 1 is 1.47 bits per heavy atom. The molecule has 0 spiro atoms. The second-order valence-corrected chi connectivity index (χ2v) is 4.89. The molecule has 1 saturated heterocycles. The van der Waals surface area contributed by atoms with E-state index in [2.05, 4.69) is 19.2 Å². The van der Waals surface area contributed by atoms with Gasteiger partial charge in [0, 0.05) is 19.1 Å². The number of hydrogen-bond acceptors (Lipinski definition) is 3. The SMILES string of the molecule is CCCCN(CCO)C(=O)C1CCCNC1C. The number of amides is 1. The molecule has 4 nitrogen and oxygen atoms in total. The van der Waals surface area contributed by atoms with E-state index in [0.29, 0.717) is 6.54 Å². The van der Waals surface area contributed by atoms with Crippen molar-refractivity contribution in [3.8, 4) is 0 Å². The molecule has 0 aliphatic carbocycles. The lowest BCUT2D eigenvalue weighted by atomic mass is 9.90. The maximum atomic E-state index is 12.4. The second-order valence-electron chi connectivity index (χ2n) is 4.89. The molecule has 2 N–H and O–H groups in total. The molecule has 1 rings (SSSR count). The van der Waals surface area contributed by atoms with Gasteiger partial charge in [-0.25, -0.2) is 0 Å². The fourth-order valence-electron chi connectivity index (χ4n) is 2.42. The summed E-state index contributed by atoms with van der Waals surface area (Å²) in [5.41, 5.74) is 0. The minimum absolute atomic E-state index is 0.0595. The highest BCUT2D eigenvalue weighted by atomic mass is 16.3. The zero-order valence-electron chi connectivity index (χ0n) is 11.1. The van der Waals surface area contributed by atoms with Crippen molar-refractivity contribution in [1.82, 2.24) is 10.2 Å².